The van der Waals surface area contributed by atoms with E-state index in [1.165, 1.54) is 11.7 Å². The van der Waals surface area contributed by atoms with Crippen molar-refractivity contribution in [1.82, 2.24) is 9.55 Å². The van der Waals surface area contributed by atoms with E-state index >= 15 is 0 Å². The van der Waals surface area contributed by atoms with Crippen molar-refractivity contribution in [3.8, 4) is 0 Å². The molecular formula is C11H12N2O4S. The van der Waals surface area contributed by atoms with Gasteiger partial charge in [-0.15, -0.1) is 0 Å². The Morgan fingerprint density at radius 3 is 2.67 bits per heavy atom. The molecular weight excluding hydrogens is 256 g/mol. The summed E-state index contributed by atoms with van der Waals surface area (Å²) >= 11 is 0. The molecule has 0 amide bonds. The molecule has 7 heteroatoms. The standard InChI is InChI=1S/C11H12N2O4S/c1-17-10(14)7-13-9-6-4-3-5-8(9)12-11(13)18(2,15)16/h3-6H,7H2,1-2H3. The van der Waals surface area contributed by atoms with E-state index in [-0.39, 0.29) is 11.7 Å². The summed E-state index contributed by atoms with van der Waals surface area (Å²) in [6.07, 6.45) is 1.06. The maximum Gasteiger partial charge on any atom is 0.325 e. The summed E-state index contributed by atoms with van der Waals surface area (Å²) in [6, 6.07) is 6.91. The fourth-order valence-corrected chi connectivity index (χ4v) is 2.51. The molecule has 0 N–H and O–H groups in total. The quantitative estimate of drug-likeness (QED) is 0.762. The SMILES string of the molecule is COC(=O)Cn1c(S(C)(=O)=O)nc2ccccc21. The van der Waals surface area contributed by atoms with Crippen molar-refractivity contribution in [2.24, 2.45) is 0 Å². The van der Waals surface area contributed by atoms with Crippen LogP contribution < -0.4 is 0 Å². The normalized spacial score (nSPS) is 11.7. The van der Waals surface area contributed by atoms with Crippen LogP contribution >= 0.6 is 0 Å². The van der Waals surface area contributed by atoms with Gasteiger partial charge in [0.2, 0.25) is 15.0 Å². The topological polar surface area (TPSA) is 78.3 Å². The van der Waals surface area contributed by atoms with Crippen LogP contribution in [0.15, 0.2) is 29.4 Å². The molecule has 1 heterocycles. The van der Waals surface area contributed by atoms with Crippen molar-refractivity contribution in [3.05, 3.63) is 24.3 Å². The van der Waals surface area contributed by atoms with E-state index in [0.717, 1.165) is 6.26 Å². The molecule has 0 aliphatic heterocycles. The number of hydrogen-bond acceptors (Lipinski definition) is 5. The van der Waals surface area contributed by atoms with Crippen LogP contribution in [0.3, 0.4) is 0 Å². The summed E-state index contributed by atoms with van der Waals surface area (Å²) in [7, 11) is -2.25. The summed E-state index contributed by atoms with van der Waals surface area (Å²) in [4.78, 5) is 15.4. The van der Waals surface area contributed by atoms with Crippen molar-refractivity contribution >= 4 is 26.8 Å². The van der Waals surface area contributed by atoms with E-state index < -0.39 is 15.8 Å². The summed E-state index contributed by atoms with van der Waals surface area (Å²) in [5.74, 6) is -0.525. The highest BCUT2D eigenvalue weighted by molar-refractivity contribution is 7.90. The maximum atomic E-state index is 11.7. The lowest BCUT2D eigenvalue weighted by Crippen LogP contribution is -2.16. The van der Waals surface area contributed by atoms with Crippen LogP contribution in [0.25, 0.3) is 11.0 Å². The van der Waals surface area contributed by atoms with E-state index in [9.17, 15) is 13.2 Å². The van der Waals surface area contributed by atoms with Crippen LogP contribution in [0.2, 0.25) is 0 Å². The van der Waals surface area contributed by atoms with Crippen LogP contribution in [0.4, 0.5) is 0 Å². The molecule has 0 radical (unpaired) electrons. The molecule has 0 aliphatic carbocycles. The molecule has 0 fully saturated rings. The lowest BCUT2D eigenvalue weighted by Gasteiger charge is -2.05. The molecule has 0 atom stereocenters. The number of nitrogens with zero attached hydrogens (tertiary/aromatic N) is 2. The number of para-hydroxylation sites is 2. The summed E-state index contributed by atoms with van der Waals surface area (Å²) in [5.41, 5.74) is 1.12. The molecule has 0 saturated carbocycles. The average molecular weight is 268 g/mol. The maximum absolute atomic E-state index is 11.7. The van der Waals surface area contributed by atoms with Crippen molar-refractivity contribution in [1.29, 1.82) is 0 Å². The first-order valence-corrected chi connectivity index (χ1v) is 7.05. The van der Waals surface area contributed by atoms with Crippen LogP contribution in [0.5, 0.6) is 0 Å². The number of carbonyl (C=O) groups excluding carboxylic acids is 1. The Labute approximate surface area is 104 Å². The molecule has 6 nitrogen and oxygen atoms in total. The number of sulfone groups is 1. The molecule has 0 bridgehead atoms. The van der Waals surface area contributed by atoms with Crippen molar-refractivity contribution < 1.29 is 17.9 Å². The highest BCUT2D eigenvalue weighted by Crippen LogP contribution is 2.19. The van der Waals surface area contributed by atoms with Crippen molar-refractivity contribution in [2.45, 2.75) is 11.7 Å². The minimum atomic E-state index is -3.51. The predicted molar refractivity (Wildman–Crippen MR) is 64.9 cm³/mol. The highest BCUT2D eigenvalue weighted by atomic mass is 32.2. The summed E-state index contributed by atoms with van der Waals surface area (Å²) in [6.45, 7) is -0.181. The van der Waals surface area contributed by atoms with Crippen LogP contribution in [-0.4, -0.2) is 37.3 Å². The van der Waals surface area contributed by atoms with E-state index in [4.69, 9.17) is 0 Å². The van der Waals surface area contributed by atoms with Gasteiger partial charge in [0.15, 0.2) is 0 Å². The summed E-state index contributed by atoms with van der Waals surface area (Å²) < 4.78 is 29.2. The minimum absolute atomic E-state index is 0.130. The Morgan fingerprint density at radius 2 is 2.06 bits per heavy atom. The number of rotatable bonds is 3. The average Bonchev–Trinajstić information content (AvgIpc) is 2.68. The molecule has 18 heavy (non-hydrogen) atoms. The van der Waals surface area contributed by atoms with Gasteiger partial charge in [0.1, 0.15) is 6.54 Å². The van der Waals surface area contributed by atoms with Gasteiger partial charge < -0.3 is 9.30 Å². The third kappa shape index (κ3) is 2.21. The van der Waals surface area contributed by atoms with Crippen molar-refractivity contribution in [3.63, 3.8) is 0 Å². The first-order valence-electron chi connectivity index (χ1n) is 5.15. The first kappa shape index (κ1) is 12.6. The zero-order chi connectivity index (χ0) is 13.3. The van der Waals surface area contributed by atoms with Gasteiger partial charge in [-0.2, -0.15) is 0 Å². The van der Waals surface area contributed by atoms with E-state index in [1.807, 2.05) is 0 Å². The van der Waals surface area contributed by atoms with Crippen LogP contribution in [-0.2, 0) is 25.9 Å². The third-order valence-electron chi connectivity index (χ3n) is 2.47. The van der Waals surface area contributed by atoms with Crippen molar-refractivity contribution in [2.75, 3.05) is 13.4 Å². The monoisotopic (exact) mass is 268 g/mol. The number of carbonyl (C=O) groups is 1. The molecule has 0 unspecified atom stereocenters. The molecule has 1 aromatic carbocycles. The Bertz CT molecular complexity index is 703. The van der Waals surface area contributed by atoms with Gasteiger partial charge >= 0.3 is 5.97 Å². The van der Waals surface area contributed by atoms with Gasteiger partial charge in [0.05, 0.1) is 18.1 Å². The lowest BCUT2D eigenvalue weighted by atomic mass is 10.3. The highest BCUT2D eigenvalue weighted by Gasteiger charge is 2.20. The number of esters is 1. The summed E-state index contributed by atoms with van der Waals surface area (Å²) in [5, 5.41) is -0.130. The zero-order valence-electron chi connectivity index (χ0n) is 9.95. The van der Waals surface area contributed by atoms with E-state index in [0.29, 0.717) is 11.0 Å². The van der Waals surface area contributed by atoms with Gasteiger partial charge in [0.25, 0.3) is 0 Å². The second-order valence-corrected chi connectivity index (χ2v) is 5.73. The Morgan fingerprint density at radius 1 is 1.39 bits per heavy atom. The smallest absolute Gasteiger partial charge is 0.325 e. The minimum Gasteiger partial charge on any atom is -0.468 e. The van der Waals surface area contributed by atoms with Gasteiger partial charge in [-0.25, -0.2) is 13.4 Å². The fourth-order valence-electron chi connectivity index (χ4n) is 1.68. The largest absolute Gasteiger partial charge is 0.468 e. The molecule has 96 valence electrons. The molecule has 0 saturated heterocycles. The number of fused-ring (bicyclic) bond motifs is 1. The second kappa shape index (κ2) is 4.41. The number of imidazole rings is 1. The molecule has 2 aromatic rings. The second-order valence-electron chi connectivity index (χ2n) is 3.82. The molecule has 0 spiro atoms. The fraction of sp³-hybridized carbons (Fsp3) is 0.273. The van der Waals surface area contributed by atoms with E-state index in [2.05, 4.69) is 9.72 Å². The Balaban J connectivity index is 2.69. The number of ether oxygens (including phenoxy) is 1. The van der Waals surface area contributed by atoms with Gasteiger partial charge in [0, 0.05) is 6.26 Å². The Hall–Kier alpha value is -1.89. The van der Waals surface area contributed by atoms with Gasteiger partial charge in [-0.3, -0.25) is 4.79 Å². The lowest BCUT2D eigenvalue weighted by molar-refractivity contribution is -0.141. The van der Waals surface area contributed by atoms with E-state index in [1.54, 1.807) is 24.3 Å². The number of hydrogen-bond donors (Lipinski definition) is 0. The van der Waals surface area contributed by atoms with Crippen LogP contribution in [0, 0.1) is 0 Å². The van der Waals surface area contributed by atoms with Crippen LogP contribution in [0.1, 0.15) is 0 Å². The predicted octanol–water partition coefficient (Wildman–Crippen LogP) is 0.613. The molecule has 1 aromatic heterocycles. The number of methoxy groups -OCH3 is 1. The first-order chi connectivity index (χ1) is 8.43. The number of aromatic nitrogens is 2. The molecule has 2 rings (SSSR count). The molecule has 0 aliphatic rings. The number of benzene rings is 1. The third-order valence-corrected chi connectivity index (χ3v) is 3.44. The van der Waals surface area contributed by atoms with Gasteiger partial charge in [-0.1, -0.05) is 12.1 Å². The zero-order valence-corrected chi connectivity index (χ0v) is 10.8. The van der Waals surface area contributed by atoms with Gasteiger partial charge in [-0.05, 0) is 12.1 Å². The Kier molecular flexibility index (Phi) is 3.08.